The Morgan fingerprint density at radius 2 is 2.20 bits per heavy atom. The van der Waals surface area contributed by atoms with Gasteiger partial charge in [0.2, 0.25) is 0 Å². The van der Waals surface area contributed by atoms with Crippen molar-refractivity contribution in [2.45, 2.75) is 6.92 Å². The number of nitrogens with zero attached hydrogens (tertiary/aromatic N) is 2. The molecule has 1 fully saturated rings. The third kappa shape index (κ3) is 2.03. The Morgan fingerprint density at radius 3 is 2.90 bits per heavy atom. The quantitative estimate of drug-likeness (QED) is 0.865. The summed E-state index contributed by atoms with van der Waals surface area (Å²) in [6, 6.07) is 5.34. The maximum atomic E-state index is 12.4. The molecule has 0 aliphatic carbocycles. The van der Waals surface area contributed by atoms with E-state index in [2.05, 4.69) is 10.2 Å². The van der Waals surface area contributed by atoms with E-state index in [4.69, 9.17) is 5.11 Å². The summed E-state index contributed by atoms with van der Waals surface area (Å²) in [5, 5.41) is 16.8. The molecule has 2 aromatic rings. The normalized spacial score (nSPS) is 22.4. The second-order valence-corrected chi connectivity index (χ2v) is 5.30. The van der Waals surface area contributed by atoms with Gasteiger partial charge in [0.15, 0.2) is 0 Å². The van der Waals surface area contributed by atoms with Crippen LogP contribution >= 0.6 is 0 Å². The van der Waals surface area contributed by atoms with Crippen molar-refractivity contribution in [1.29, 1.82) is 0 Å². The highest BCUT2D eigenvalue weighted by molar-refractivity contribution is 5.98. The standard InChI is InChI=1S/C14H15N3O3/c1-8-6-17(7-11(8)14(19)20)13(18)9-2-3-10-5-15-16-12(10)4-9/h2-5,8,11H,6-7H2,1H3,(H,15,16)(H,19,20)/t8-,11-/m1/s1. The van der Waals surface area contributed by atoms with E-state index in [1.807, 2.05) is 13.0 Å². The molecule has 0 radical (unpaired) electrons. The maximum absolute atomic E-state index is 12.4. The average Bonchev–Trinajstić information content (AvgIpc) is 3.02. The first-order valence-corrected chi connectivity index (χ1v) is 6.51. The number of hydrogen-bond donors (Lipinski definition) is 2. The number of fused-ring (bicyclic) bond motifs is 1. The number of H-pyrrole nitrogens is 1. The molecule has 6 nitrogen and oxygen atoms in total. The molecule has 1 aromatic heterocycles. The molecule has 1 saturated heterocycles. The largest absolute Gasteiger partial charge is 0.481 e. The van der Waals surface area contributed by atoms with E-state index in [9.17, 15) is 9.59 Å². The second kappa shape index (κ2) is 4.63. The van der Waals surface area contributed by atoms with Gasteiger partial charge in [0.1, 0.15) is 0 Å². The lowest BCUT2D eigenvalue weighted by molar-refractivity contribution is -0.142. The lowest BCUT2D eigenvalue weighted by Crippen LogP contribution is -2.29. The molecule has 104 valence electrons. The van der Waals surface area contributed by atoms with Gasteiger partial charge in [-0.15, -0.1) is 0 Å². The zero-order valence-electron chi connectivity index (χ0n) is 11.0. The van der Waals surface area contributed by atoms with E-state index < -0.39 is 11.9 Å². The Kier molecular flexibility index (Phi) is 2.93. The number of aromatic nitrogens is 2. The highest BCUT2D eigenvalue weighted by atomic mass is 16.4. The summed E-state index contributed by atoms with van der Waals surface area (Å²) in [4.78, 5) is 25.1. The van der Waals surface area contributed by atoms with Crippen molar-refractivity contribution in [1.82, 2.24) is 15.1 Å². The van der Waals surface area contributed by atoms with Crippen LogP contribution in [0.1, 0.15) is 17.3 Å². The van der Waals surface area contributed by atoms with E-state index in [0.717, 1.165) is 10.9 Å². The van der Waals surface area contributed by atoms with Crippen LogP contribution in [0, 0.1) is 11.8 Å². The summed E-state index contributed by atoms with van der Waals surface area (Å²) < 4.78 is 0. The first kappa shape index (κ1) is 12.7. The number of aliphatic carboxylic acids is 1. The number of benzene rings is 1. The molecule has 2 N–H and O–H groups in total. The van der Waals surface area contributed by atoms with E-state index in [1.54, 1.807) is 23.2 Å². The van der Waals surface area contributed by atoms with Gasteiger partial charge in [-0.2, -0.15) is 5.10 Å². The molecule has 3 rings (SSSR count). The van der Waals surface area contributed by atoms with Gasteiger partial charge in [-0.1, -0.05) is 13.0 Å². The van der Waals surface area contributed by atoms with Crippen LogP contribution in [-0.4, -0.2) is 45.2 Å². The minimum absolute atomic E-state index is 0.0210. The Morgan fingerprint density at radius 1 is 1.40 bits per heavy atom. The molecule has 0 spiro atoms. The highest BCUT2D eigenvalue weighted by Gasteiger charge is 2.37. The second-order valence-electron chi connectivity index (χ2n) is 5.30. The molecule has 2 atom stereocenters. The van der Waals surface area contributed by atoms with Crippen molar-refractivity contribution < 1.29 is 14.7 Å². The lowest BCUT2D eigenvalue weighted by Gasteiger charge is -2.15. The number of amides is 1. The fraction of sp³-hybridized carbons (Fsp3) is 0.357. The van der Waals surface area contributed by atoms with E-state index in [1.165, 1.54) is 0 Å². The van der Waals surface area contributed by atoms with Crippen molar-refractivity contribution in [2.75, 3.05) is 13.1 Å². The van der Waals surface area contributed by atoms with E-state index in [-0.39, 0.29) is 18.4 Å². The minimum atomic E-state index is -0.836. The topological polar surface area (TPSA) is 86.3 Å². The lowest BCUT2D eigenvalue weighted by atomic mass is 9.99. The molecule has 0 unspecified atom stereocenters. The van der Waals surface area contributed by atoms with Crippen LogP contribution in [0.3, 0.4) is 0 Å². The summed E-state index contributed by atoms with van der Waals surface area (Å²) in [5.41, 5.74) is 1.36. The molecule has 2 heterocycles. The molecule has 0 saturated carbocycles. The molecular weight excluding hydrogens is 258 g/mol. The first-order chi connectivity index (χ1) is 9.56. The number of carbonyl (C=O) groups is 2. The van der Waals surface area contributed by atoms with Gasteiger partial charge >= 0.3 is 5.97 Å². The van der Waals surface area contributed by atoms with Crippen molar-refractivity contribution in [3.05, 3.63) is 30.0 Å². The number of rotatable bonds is 2. The predicted octanol–water partition coefficient (Wildman–Crippen LogP) is 1.36. The maximum Gasteiger partial charge on any atom is 0.308 e. The van der Waals surface area contributed by atoms with Gasteiger partial charge in [-0.05, 0) is 18.1 Å². The van der Waals surface area contributed by atoms with Gasteiger partial charge in [0.05, 0.1) is 17.6 Å². The van der Waals surface area contributed by atoms with Crippen LogP contribution in [0.5, 0.6) is 0 Å². The molecule has 6 heteroatoms. The SMILES string of the molecule is C[C@@H]1CN(C(=O)c2ccc3cn[nH]c3c2)C[C@H]1C(=O)O. The third-order valence-corrected chi connectivity index (χ3v) is 3.91. The summed E-state index contributed by atoms with van der Waals surface area (Å²) in [5.74, 6) is -1.46. The Bertz CT molecular complexity index is 679. The summed E-state index contributed by atoms with van der Waals surface area (Å²) in [6.07, 6.45) is 1.70. The fourth-order valence-electron chi connectivity index (χ4n) is 2.71. The van der Waals surface area contributed by atoms with Crippen LogP contribution in [-0.2, 0) is 4.79 Å². The predicted molar refractivity (Wildman–Crippen MR) is 72.3 cm³/mol. The van der Waals surface area contributed by atoms with Crippen LogP contribution in [0.25, 0.3) is 10.9 Å². The molecule has 1 aliphatic rings. The molecule has 0 bridgehead atoms. The van der Waals surface area contributed by atoms with Crippen molar-refractivity contribution >= 4 is 22.8 Å². The van der Waals surface area contributed by atoms with Crippen LogP contribution in [0.2, 0.25) is 0 Å². The average molecular weight is 273 g/mol. The molecular formula is C14H15N3O3. The van der Waals surface area contributed by atoms with E-state index in [0.29, 0.717) is 12.1 Å². The van der Waals surface area contributed by atoms with E-state index >= 15 is 0 Å². The first-order valence-electron chi connectivity index (χ1n) is 6.51. The van der Waals surface area contributed by atoms with Crippen molar-refractivity contribution in [3.63, 3.8) is 0 Å². The van der Waals surface area contributed by atoms with Gasteiger partial charge in [-0.25, -0.2) is 0 Å². The van der Waals surface area contributed by atoms with Crippen molar-refractivity contribution in [2.24, 2.45) is 11.8 Å². The summed E-state index contributed by atoms with van der Waals surface area (Å²) >= 11 is 0. The number of aromatic amines is 1. The van der Waals surface area contributed by atoms with Crippen molar-refractivity contribution in [3.8, 4) is 0 Å². The Balaban J connectivity index is 1.84. The van der Waals surface area contributed by atoms with Gasteiger partial charge in [0, 0.05) is 24.0 Å². The zero-order valence-corrected chi connectivity index (χ0v) is 11.0. The number of hydrogen-bond acceptors (Lipinski definition) is 3. The monoisotopic (exact) mass is 273 g/mol. The summed E-state index contributed by atoms with van der Waals surface area (Å²) in [6.45, 7) is 2.62. The number of carboxylic acid groups (broad SMARTS) is 1. The third-order valence-electron chi connectivity index (χ3n) is 3.91. The highest BCUT2D eigenvalue weighted by Crippen LogP contribution is 2.25. The number of carboxylic acids is 1. The van der Waals surface area contributed by atoms with Crippen LogP contribution < -0.4 is 0 Å². The number of carbonyl (C=O) groups excluding carboxylic acids is 1. The Labute approximate surface area is 115 Å². The molecule has 1 aromatic carbocycles. The summed E-state index contributed by atoms with van der Waals surface area (Å²) in [7, 11) is 0. The molecule has 1 aliphatic heterocycles. The smallest absolute Gasteiger partial charge is 0.308 e. The molecule has 20 heavy (non-hydrogen) atoms. The van der Waals surface area contributed by atoms with Gasteiger partial charge in [0.25, 0.3) is 5.91 Å². The molecule has 1 amide bonds. The van der Waals surface area contributed by atoms with Gasteiger partial charge in [-0.3, -0.25) is 14.7 Å². The number of nitrogens with one attached hydrogen (secondary N) is 1. The minimum Gasteiger partial charge on any atom is -0.481 e. The Hall–Kier alpha value is -2.37. The zero-order chi connectivity index (χ0) is 14.3. The fourth-order valence-corrected chi connectivity index (χ4v) is 2.71. The van der Waals surface area contributed by atoms with Crippen LogP contribution in [0.15, 0.2) is 24.4 Å². The van der Waals surface area contributed by atoms with Crippen LogP contribution in [0.4, 0.5) is 0 Å². The number of likely N-dealkylation sites (tertiary alicyclic amines) is 1. The van der Waals surface area contributed by atoms with Gasteiger partial charge < -0.3 is 10.0 Å².